The summed E-state index contributed by atoms with van der Waals surface area (Å²) in [5, 5.41) is 2.65. The molecule has 2 amide bonds. The predicted octanol–water partition coefficient (Wildman–Crippen LogP) is 3.75. The summed E-state index contributed by atoms with van der Waals surface area (Å²) >= 11 is 0. The molecule has 1 fully saturated rings. The van der Waals surface area contributed by atoms with Crippen molar-refractivity contribution in [2.45, 2.75) is 32.4 Å². The Labute approximate surface area is 196 Å². The van der Waals surface area contributed by atoms with Gasteiger partial charge in [-0.15, -0.1) is 0 Å². The molecule has 0 spiro atoms. The van der Waals surface area contributed by atoms with Gasteiger partial charge in [0.25, 0.3) is 5.91 Å². The van der Waals surface area contributed by atoms with E-state index in [0.29, 0.717) is 56.3 Å². The van der Waals surface area contributed by atoms with Crippen molar-refractivity contribution in [1.82, 2.24) is 15.2 Å². The summed E-state index contributed by atoms with van der Waals surface area (Å²) < 4.78 is 43.8. The lowest BCUT2D eigenvalue weighted by molar-refractivity contribution is -0.137. The number of hydrogen-bond acceptors (Lipinski definition) is 5. The average Bonchev–Trinajstić information content (AvgIpc) is 3.09. The van der Waals surface area contributed by atoms with Crippen LogP contribution in [0.1, 0.15) is 42.1 Å². The van der Waals surface area contributed by atoms with E-state index in [0.717, 1.165) is 25.1 Å². The number of rotatable bonds is 8. The van der Waals surface area contributed by atoms with Crippen LogP contribution in [-0.2, 0) is 11.0 Å². The third-order valence-electron chi connectivity index (χ3n) is 5.53. The number of alkyl halides is 3. The summed E-state index contributed by atoms with van der Waals surface area (Å²) in [6.45, 7) is 4.47. The van der Waals surface area contributed by atoms with E-state index in [2.05, 4.69) is 17.2 Å². The number of halogens is 3. The molecule has 1 aromatic heterocycles. The van der Waals surface area contributed by atoms with E-state index >= 15 is 0 Å². The molecule has 0 bridgehead atoms. The van der Waals surface area contributed by atoms with Gasteiger partial charge >= 0.3 is 6.18 Å². The Balaban J connectivity index is 1.47. The summed E-state index contributed by atoms with van der Waals surface area (Å²) in [5.74, 6) is 0.574. The van der Waals surface area contributed by atoms with Gasteiger partial charge in [-0.2, -0.15) is 13.2 Å². The lowest BCUT2D eigenvalue weighted by Gasteiger charge is -2.23. The van der Waals surface area contributed by atoms with E-state index in [-0.39, 0.29) is 18.4 Å². The van der Waals surface area contributed by atoms with Crippen molar-refractivity contribution in [3.63, 3.8) is 0 Å². The number of unbranched alkanes of at least 4 members (excludes halogenated alkanes) is 1. The first-order chi connectivity index (χ1) is 16.3. The van der Waals surface area contributed by atoms with E-state index in [1.807, 2.05) is 4.90 Å². The molecule has 0 saturated carbocycles. The van der Waals surface area contributed by atoms with Crippen LogP contribution in [0.15, 0.2) is 42.6 Å². The highest BCUT2D eigenvalue weighted by molar-refractivity contribution is 5.96. The number of amides is 2. The molecule has 2 heterocycles. The fraction of sp³-hybridized carbons (Fsp3) is 0.458. The molecule has 2 aromatic rings. The molecular weight excluding hydrogens is 449 g/mol. The van der Waals surface area contributed by atoms with Crippen molar-refractivity contribution in [2.24, 2.45) is 0 Å². The van der Waals surface area contributed by atoms with Crippen LogP contribution >= 0.6 is 0 Å². The van der Waals surface area contributed by atoms with Crippen LogP contribution in [0, 0.1) is 0 Å². The van der Waals surface area contributed by atoms with Gasteiger partial charge in [-0.25, -0.2) is 4.98 Å². The minimum Gasteiger partial charge on any atom is -0.494 e. The zero-order valence-corrected chi connectivity index (χ0v) is 19.1. The molecule has 1 aliphatic heterocycles. The molecule has 10 heteroatoms. The molecule has 0 radical (unpaired) electrons. The summed E-state index contributed by atoms with van der Waals surface area (Å²) in [7, 11) is 0. The maximum absolute atomic E-state index is 12.7. The predicted molar refractivity (Wildman–Crippen MR) is 122 cm³/mol. The number of aromatic nitrogens is 1. The number of pyridine rings is 1. The normalized spacial score (nSPS) is 14.5. The zero-order chi connectivity index (χ0) is 24.6. The first kappa shape index (κ1) is 25.3. The van der Waals surface area contributed by atoms with Gasteiger partial charge in [-0.1, -0.05) is 13.3 Å². The van der Waals surface area contributed by atoms with E-state index in [1.54, 1.807) is 29.2 Å². The molecule has 0 unspecified atom stereocenters. The van der Waals surface area contributed by atoms with E-state index < -0.39 is 11.7 Å². The fourth-order valence-electron chi connectivity index (χ4n) is 3.54. The Morgan fingerprint density at radius 2 is 1.82 bits per heavy atom. The molecule has 184 valence electrons. The van der Waals surface area contributed by atoms with Crippen molar-refractivity contribution in [3.05, 3.63) is 53.7 Å². The molecule has 1 saturated heterocycles. The van der Waals surface area contributed by atoms with Crippen molar-refractivity contribution >= 4 is 17.6 Å². The van der Waals surface area contributed by atoms with Crippen LogP contribution in [0.2, 0.25) is 0 Å². The van der Waals surface area contributed by atoms with Gasteiger partial charge in [0.15, 0.2) is 0 Å². The number of nitrogens with zero attached hydrogens (tertiary/aromatic N) is 3. The fourth-order valence-corrected chi connectivity index (χ4v) is 3.54. The minimum atomic E-state index is -4.43. The quantitative estimate of drug-likeness (QED) is 0.585. The van der Waals surface area contributed by atoms with Gasteiger partial charge in [0.2, 0.25) is 5.91 Å². The molecule has 3 rings (SSSR count). The van der Waals surface area contributed by atoms with Gasteiger partial charge in [-0.3, -0.25) is 9.59 Å². The van der Waals surface area contributed by atoms with Gasteiger partial charge in [0.05, 0.1) is 18.7 Å². The Bertz CT molecular complexity index is 949. The first-order valence-corrected chi connectivity index (χ1v) is 11.3. The average molecular weight is 479 g/mol. The summed E-state index contributed by atoms with van der Waals surface area (Å²) in [6, 6.07) is 9.12. The van der Waals surface area contributed by atoms with Crippen LogP contribution in [0.25, 0.3) is 0 Å². The topological polar surface area (TPSA) is 74.8 Å². The van der Waals surface area contributed by atoms with Gasteiger partial charge < -0.3 is 19.9 Å². The van der Waals surface area contributed by atoms with Crippen LogP contribution in [-0.4, -0.2) is 61.0 Å². The summed E-state index contributed by atoms with van der Waals surface area (Å²) in [6.07, 6.45) is -0.970. The molecule has 0 atom stereocenters. The summed E-state index contributed by atoms with van der Waals surface area (Å²) in [4.78, 5) is 32.4. The second-order valence-corrected chi connectivity index (χ2v) is 8.03. The molecule has 1 aromatic carbocycles. The Hall–Kier alpha value is -3.30. The van der Waals surface area contributed by atoms with Crippen LogP contribution in [0.5, 0.6) is 5.75 Å². The number of carbonyl (C=O) groups excluding carboxylic acids is 2. The molecule has 1 N–H and O–H groups in total. The van der Waals surface area contributed by atoms with Crippen molar-refractivity contribution in [2.75, 3.05) is 44.2 Å². The smallest absolute Gasteiger partial charge is 0.417 e. The molecule has 7 nitrogen and oxygen atoms in total. The first-order valence-electron chi connectivity index (χ1n) is 11.3. The zero-order valence-electron chi connectivity index (χ0n) is 19.1. The van der Waals surface area contributed by atoms with Gasteiger partial charge in [0, 0.05) is 37.9 Å². The minimum absolute atomic E-state index is 0.133. The van der Waals surface area contributed by atoms with E-state index in [9.17, 15) is 22.8 Å². The van der Waals surface area contributed by atoms with Gasteiger partial charge in [-0.05, 0) is 49.2 Å². The molecule has 0 aliphatic carbocycles. The second kappa shape index (κ2) is 11.7. The largest absolute Gasteiger partial charge is 0.494 e. The highest BCUT2D eigenvalue weighted by atomic mass is 19.4. The van der Waals surface area contributed by atoms with Gasteiger partial charge in [0.1, 0.15) is 11.6 Å². The Morgan fingerprint density at radius 3 is 2.47 bits per heavy atom. The lowest BCUT2D eigenvalue weighted by Crippen LogP contribution is -2.42. The van der Waals surface area contributed by atoms with E-state index in [1.165, 1.54) is 6.07 Å². The number of benzene rings is 1. The molecule has 34 heavy (non-hydrogen) atoms. The highest BCUT2D eigenvalue weighted by Crippen LogP contribution is 2.29. The van der Waals surface area contributed by atoms with Crippen LogP contribution in [0.3, 0.4) is 0 Å². The van der Waals surface area contributed by atoms with E-state index in [4.69, 9.17) is 4.74 Å². The third kappa shape index (κ3) is 7.10. The van der Waals surface area contributed by atoms with Crippen molar-refractivity contribution in [3.8, 4) is 5.75 Å². The number of carbonyl (C=O) groups is 2. The maximum Gasteiger partial charge on any atom is 0.417 e. The number of ether oxygens (including phenoxy) is 1. The summed E-state index contributed by atoms with van der Waals surface area (Å²) in [5.41, 5.74) is -0.358. The van der Waals surface area contributed by atoms with Crippen molar-refractivity contribution in [1.29, 1.82) is 0 Å². The number of anilines is 1. The molecular formula is C24H29F3N4O3. The third-order valence-corrected chi connectivity index (χ3v) is 5.53. The maximum atomic E-state index is 12.7. The highest BCUT2D eigenvalue weighted by Gasteiger charge is 2.31. The number of hydrogen-bond donors (Lipinski definition) is 1. The second-order valence-electron chi connectivity index (χ2n) is 8.03. The Kier molecular flexibility index (Phi) is 8.72. The van der Waals surface area contributed by atoms with Crippen LogP contribution < -0.4 is 15.0 Å². The molecule has 1 aliphatic rings. The SMILES string of the molecule is CCCCOc1ccc(C(=O)NCC(=O)N2CCCN(c3ccc(C(F)(F)F)cn3)CC2)cc1. The lowest BCUT2D eigenvalue weighted by atomic mass is 10.2. The standard InChI is InChI=1S/C24H29F3N4O3/c1-2-3-15-34-20-8-5-18(6-9-20)23(33)29-17-22(32)31-12-4-11-30(13-14-31)21-10-7-19(16-28-21)24(25,26)27/h5-10,16H,2-4,11-15,17H2,1H3,(H,29,33). The van der Waals surface area contributed by atoms with Crippen LogP contribution in [0.4, 0.5) is 19.0 Å². The Morgan fingerprint density at radius 1 is 1.06 bits per heavy atom. The monoisotopic (exact) mass is 478 g/mol. The van der Waals surface area contributed by atoms with Crippen molar-refractivity contribution < 1.29 is 27.5 Å². The number of nitrogens with one attached hydrogen (secondary N) is 1.